The summed E-state index contributed by atoms with van der Waals surface area (Å²) in [7, 11) is 1.62. The first-order valence-corrected chi connectivity index (χ1v) is 10.5. The standard InChI is InChI=1S/C24H22Cl2N2O2/c1-30-23-12-2-17(3-13-23)24(29)18-14-27(21-8-4-19(25)5-9-21)16-28(15-18)22-10-6-20(26)7-11-22/h2-13,18H,14-16H2,1H3. The van der Waals surface area contributed by atoms with Crippen LogP contribution in [0.3, 0.4) is 0 Å². The third-order valence-corrected chi connectivity index (χ3v) is 5.86. The molecular weight excluding hydrogens is 419 g/mol. The van der Waals surface area contributed by atoms with E-state index in [1.165, 1.54) is 0 Å². The van der Waals surface area contributed by atoms with Crippen molar-refractivity contribution in [2.75, 3.05) is 36.7 Å². The summed E-state index contributed by atoms with van der Waals surface area (Å²) < 4.78 is 5.21. The Morgan fingerprint density at radius 3 is 1.70 bits per heavy atom. The minimum Gasteiger partial charge on any atom is -0.497 e. The molecule has 0 spiro atoms. The van der Waals surface area contributed by atoms with E-state index < -0.39 is 0 Å². The topological polar surface area (TPSA) is 32.8 Å². The summed E-state index contributed by atoms with van der Waals surface area (Å²) in [6.45, 7) is 1.95. The van der Waals surface area contributed by atoms with Crippen LogP contribution in [0.1, 0.15) is 10.4 Å². The fourth-order valence-electron chi connectivity index (χ4n) is 3.75. The third-order valence-electron chi connectivity index (χ3n) is 5.35. The molecule has 0 saturated carbocycles. The number of rotatable bonds is 5. The molecule has 0 aromatic heterocycles. The molecule has 1 heterocycles. The fraction of sp³-hybridized carbons (Fsp3) is 0.208. The van der Waals surface area contributed by atoms with Crippen LogP contribution in [0.5, 0.6) is 5.75 Å². The van der Waals surface area contributed by atoms with Gasteiger partial charge in [-0.1, -0.05) is 23.2 Å². The zero-order chi connectivity index (χ0) is 21.1. The SMILES string of the molecule is COc1ccc(C(=O)C2CN(c3ccc(Cl)cc3)CN(c3ccc(Cl)cc3)C2)cc1. The van der Waals surface area contributed by atoms with E-state index in [1.807, 2.05) is 72.8 Å². The Bertz CT molecular complexity index is 951. The molecule has 0 unspecified atom stereocenters. The third kappa shape index (κ3) is 4.55. The van der Waals surface area contributed by atoms with Gasteiger partial charge in [0.05, 0.1) is 19.7 Å². The highest BCUT2D eigenvalue weighted by Crippen LogP contribution is 2.29. The van der Waals surface area contributed by atoms with E-state index in [-0.39, 0.29) is 11.7 Å². The minimum atomic E-state index is -0.182. The predicted octanol–water partition coefficient (Wildman–Crippen LogP) is 5.79. The van der Waals surface area contributed by atoms with Crippen molar-refractivity contribution in [3.63, 3.8) is 0 Å². The number of benzene rings is 3. The quantitative estimate of drug-likeness (QED) is 0.470. The molecule has 0 N–H and O–H groups in total. The lowest BCUT2D eigenvalue weighted by atomic mass is 9.94. The second-order valence-electron chi connectivity index (χ2n) is 7.33. The second-order valence-corrected chi connectivity index (χ2v) is 8.20. The molecule has 4 rings (SSSR count). The van der Waals surface area contributed by atoms with Crippen LogP contribution >= 0.6 is 23.2 Å². The van der Waals surface area contributed by atoms with Crippen molar-refractivity contribution >= 4 is 40.4 Å². The van der Waals surface area contributed by atoms with Crippen molar-refractivity contribution in [1.82, 2.24) is 0 Å². The molecule has 0 amide bonds. The molecule has 0 bridgehead atoms. The zero-order valence-corrected chi connectivity index (χ0v) is 18.1. The largest absolute Gasteiger partial charge is 0.497 e. The van der Waals surface area contributed by atoms with E-state index in [4.69, 9.17) is 27.9 Å². The summed E-state index contributed by atoms with van der Waals surface area (Å²) in [4.78, 5) is 17.7. The normalized spacial score (nSPS) is 14.6. The lowest BCUT2D eigenvalue weighted by Gasteiger charge is -2.42. The predicted molar refractivity (Wildman–Crippen MR) is 123 cm³/mol. The summed E-state index contributed by atoms with van der Waals surface area (Å²) >= 11 is 12.1. The number of hydrogen-bond donors (Lipinski definition) is 0. The number of ether oxygens (including phenoxy) is 1. The van der Waals surface area contributed by atoms with Crippen LogP contribution in [0, 0.1) is 5.92 Å². The number of nitrogens with zero attached hydrogens (tertiary/aromatic N) is 2. The monoisotopic (exact) mass is 440 g/mol. The molecule has 1 fully saturated rings. The Morgan fingerprint density at radius 2 is 1.27 bits per heavy atom. The van der Waals surface area contributed by atoms with Crippen LogP contribution in [-0.2, 0) is 0 Å². The Hall–Kier alpha value is -2.69. The molecule has 30 heavy (non-hydrogen) atoms. The van der Waals surface area contributed by atoms with E-state index in [9.17, 15) is 4.79 Å². The molecule has 1 aliphatic rings. The summed E-state index contributed by atoms with van der Waals surface area (Å²) in [6, 6.07) is 22.8. The summed E-state index contributed by atoms with van der Waals surface area (Å²) in [6.07, 6.45) is 0. The van der Waals surface area contributed by atoms with Gasteiger partial charge in [0.25, 0.3) is 0 Å². The molecule has 154 valence electrons. The van der Waals surface area contributed by atoms with Gasteiger partial charge in [-0.05, 0) is 72.8 Å². The van der Waals surface area contributed by atoms with Crippen molar-refractivity contribution in [1.29, 1.82) is 0 Å². The van der Waals surface area contributed by atoms with Crippen molar-refractivity contribution < 1.29 is 9.53 Å². The summed E-state index contributed by atoms with van der Waals surface area (Å²) in [5, 5.41) is 1.38. The number of Topliss-reactive ketones (excluding diaryl/α,β-unsaturated/α-hetero) is 1. The summed E-state index contributed by atoms with van der Waals surface area (Å²) in [5.41, 5.74) is 2.76. The van der Waals surface area contributed by atoms with E-state index in [2.05, 4.69) is 9.80 Å². The van der Waals surface area contributed by atoms with Gasteiger partial charge in [0.15, 0.2) is 5.78 Å². The Kier molecular flexibility index (Phi) is 6.16. The van der Waals surface area contributed by atoms with Gasteiger partial charge in [0, 0.05) is 40.1 Å². The van der Waals surface area contributed by atoms with Crippen molar-refractivity contribution in [3.8, 4) is 5.75 Å². The first kappa shape index (κ1) is 20.6. The van der Waals surface area contributed by atoms with Gasteiger partial charge in [-0.3, -0.25) is 4.79 Å². The number of carbonyl (C=O) groups is 1. The number of carbonyl (C=O) groups excluding carboxylic acids is 1. The van der Waals surface area contributed by atoms with Gasteiger partial charge >= 0.3 is 0 Å². The summed E-state index contributed by atoms with van der Waals surface area (Å²) in [5.74, 6) is 0.676. The van der Waals surface area contributed by atoms with E-state index in [0.717, 1.165) is 17.1 Å². The average Bonchev–Trinajstić information content (AvgIpc) is 2.79. The molecule has 4 nitrogen and oxygen atoms in total. The van der Waals surface area contributed by atoms with E-state index in [0.29, 0.717) is 35.4 Å². The van der Waals surface area contributed by atoms with Crippen LogP contribution in [0.25, 0.3) is 0 Å². The Morgan fingerprint density at radius 1 is 0.800 bits per heavy atom. The van der Waals surface area contributed by atoms with Gasteiger partial charge in [-0.25, -0.2) is 0 Å². The minimum absolute atomic E-state index is 0.121. The smallest absolute Gasteiger partial charge is 0.169 e. The maximum Gasteiger partial charge on any atom is 0.169 e. The Balaban J connectivity index is 1.63. The van der Waals surface area contributed by atoms with Crippen LogP contribution in [0.4, 0.5) is 11.4 Å². The fourth-order valence-corrected chi connectivity index (χ4v) is 4.00. The van der Waals surface area contributed by atoms with Crippen molar-refractivity contribution in [2.24, 2.45) is 5.92 Å². The first-order chi connectivity index (χ1) is 14.5. The van der Waals surface area contributed by atoms with E-state index >= 15 is 0 Å². The molecule has 6 heteroatoms. The molecule has 3 aromatic rings. The van der Waals surface area contributed by atoms with Crippen molar-refractivity contribution in [2.45, 2.75) is 0 Å². The molecule has 0 atom stereocenters. The molecular formula is C24H22Cl2N2O2. The van der Waals surface area contributed by atoms with Gasteiger partial charge < -0.3 is 14.5 Å². The number of hydrogen-bond acceptors (Lipinski definition) is 4. The van der Waals surface area contributed by atoms with Crippen LogP contribution in [-0.4, -0.2) is 32.7 Å². The molecule has 1 saturated heterocycles. The maximum atomic E-state index is 13.3. The second kappa shape index (κ2) is 8.99. The van der Waals surface area contributed by atoms with Crippen LogP contribution in [0.2, 0.25) is 10.0 Å². The van der Waals surface area contributed by atoms with Gasteiger partial charge in [0.1, 0.15) is 5.75 Å². The van der Waals surface area contributed by atoms with Gasteiger partial charge in [-0.2, -0.15) is 0 Å². The molecule has 3 aromatic carbocycles. The van der Waals surface area contributed by atoms with Crippen molar-refractivity contribution in [3.05, 3.63) is 88.4 Å². The lowest BCUT2D eigenvalue weighted by molar-refractivity contribution is 0.0919. The average molecular weight is 441 g/mol. The molecule has 0 aliphatic carbocycles. The first-order valence-electron chi connectivity index (χ1n) is 9.73. The Labute approximate surface area is 186 Å². The number of ketones is 1. The van der Waals surface area contributed by atoms with Gasteiger partial charge in [0.2, 0.25) is 0 Å². The molecule has 1 aliphatic heterocycles. The number of anilines is 2. The van der Waals surface area contributed by atoms with Crippen LogP contribution < -0.4 is 14.5 Å². The van der Waals surface area contributed by atoms with E-state index in [1.54, 1.807) is 7.11 Å². The highest BCUT2D eigenvalue weighted by atomic mass is 35.5. The zero-order valence-electron chi connectivity index (χ0n) is 16.6. The number of methoxy groups -OCH3 is 1. The van der Waals surface area contributed by atoms with Gasteiger partial charge in [-0.15, -0.1) is 0 Å². The van der Waals surface area contributed by atoms with Crippen LogP contribution in [0.15, 0.2) is 72.8 Å². The maximum absolute atomic E-state index is 13.3. The molecule has 0 radical (unpaired) electrons. The lowest BCUT2D eigenvalue weighted by Crippen LogP contribution is -2.52. The number of halogens is 2. The highest BCUT2D eigenvalue weighted by Gasteiger charge is 2.31. The highest BCUT2D eigenvalue weighted by molar-refractivity contribution is 6.30.